The molecule has 5 nitrogen and oxygen atoms in total. The van der Waals surface area contributed by atoms with Gasteiger partial charge in [0.2, 0.25) is 0 Å². The van der Waals surface area contributed by atoms with Gasteiger partial charge in [-0.3, -0.25) is 0 Å². The standard InChI is InChI=1S/C13H19N5/c14-9-12-10-17-13(11-16-12)15-5-8-18-6-3-1-2-4-7-18/h10-11H,1-8H2,(H,15,17). The number of anilines is 1. The highest BCUT2D eigenvalue weighted by atomic mass is 15.1. The Morgan fingerprint density at radius 1 is 1.17 bits per heavy atom. The van der Waals surface area contributed by atoms with Crippen molar-refractivity contribution in [3.63, 3.8) is 0 Å². The van der Waals surface area contributed by atoms with Crippen molar-refractivity contribution in [2.24, 2.45) is 0 Å². The largest absolute Gasteiger partial charge is 0.368 e. The number of likely N-dealkylation sites (tertiary alicyclic amines) is 1. The van der Waals surface area contributed by atoms with E-state index in [1.54, 1.807) is 6.20 Å². The second-order valence-corrected chi connectivity index (χ2v) is 4.58. The minimum Gasteiger partial charge on any atom is -0.368 e. The van der Waals surface area contributed by atoms with E-state index in [2.05, 4.69) is 20.2 Å². The predicted octanol–water partition coefficient (Wildman–Crippen LogP) is 1.64. The summed E-state index contributed by atoms with van der Waals surface area (Å²) in [6, 6.07) is 1.96. The van der Waals surface area contributed by atoms with Crippen LogP contribution >= 0.6 is 0 Å². The summed E-state index contributed by atoms with van der Waals surface area (Å²) < 4.78 is 0. The number of nitrogens with one attached hydrogen (secondary N) is 1. The lowest BCUT2D eigenvalue weighted by Crippen LogP contribution is -2.30. The van der Waals surface area contributed by atoms with Gasteiger partial charge in [-0.15, -0.1) is 0 Å². The number of hydrogen-bond acceptors (Lipinski definition) is 5. The third-order valence-electron chi connectivity index (χ3n) is 3.20. The average molecular weight is 245 g/mol. The van der Waals surface area contributed by atoms with Crippen molar-refractivity contribution in [3.8, 4) is 6.07 Å². The molecule has 1 fully saturated rings. The van der Waals surface area contributed by atoms with Crippen LogP contribution in [0.4, 0.5) is 5.82 Å². The lowest BCUT2D eigenvalue weighted by atomic mass is 10.2. The van der Waals surface area contributed by atoms with Gasteiger partial charge in [0.25, 0.3) is 0 Å². The average Bonchev–Trinajstić information content (AvgIpc) is 2.68. The van der Waals surface area contributed by atoms with Crippen LogP contribution in [0.3, 0.4) is 0 Å². The Labute approximate surface area is 108 Å². The molecule has 0 saturated carbocycles. The summed E-state index contributed by atoms with van der Waals surface area (Å²) in [7, 11) is 0. The Bertz CT molecular complexity index is 387. The molecule has 1 aromatic heterocycles. The fraction of sp³-hybridized carbons (Fsp3) is 0.615. The molecule has 2 heterocycles. The molecule has 1 N–H and O–H groups in total. The highest BCUT2D eigenvalue weighted by Gasteiger charge is 2.08. The first-order valence-corrected chi connectivity index (χ1v) is 6.57. The summed E-state index contributed by atoms with van der Waals surface area (Å²) in [5, 5.41) is 11.9. The summed E-state index contributed by atoms with van der Waals surface area (Å²) >= 11 is 0. The van der Waals surface area contributed by atoms with E-state index >= 15 is 0 Å². The molecule has 0 amide bonds. The number of nitriles is 1. The highest BCUT2D eigenvalue weighted by molar-refractivity contribution is 5.32. The van der Waals surface area contributed by atoms with Crippen LogP contribution in [0, 0.1) is 11.3 Å². The first-order valence-electron chi connectivity index (χ1n) is 6.57. The summed E-state index contributed by atoms with van der Waals surface area (Å²) in [5.74, 6) is 0.740. The zero-order valence-corrected chi connectivity index (χ0v) is 10.6. The molecule has 0 spiro atoms. The molecule has 0 radical (unpaired) electrons. The maximum absolute atomic E-state index is 8.62. The Balaban J connectivity index is 1.72. The topological polar surface area (TPSA) is 64.8 Å². The second kappa shape index (κ2) is 6.92. The van der Waals surface area contributed by atoms with Crippen molar-refractivity contribution in [2.45, 2.75) is 25.7 Å². The van der Waals surface area contributed by atoms with E-state index in [9.17, 15) is 0 Å². The third kappa shape index (κ3) is 3.97. The van der Waals surface area contributed by atoms with Gasteiger partial charge >= 0.3 is 0 Å². The lowest BCUT2D eigenvalue weighted by Gasteiger charge is -2.19. The van der Waals surface area contributed by atoms with Gasteiger partial charge in [0.15, 0.2) is 5.69 Å². The summed E-state index contributed by atoms with van der Waals surface area (Å²) in [5.41, 5.74) is 0.355. The third-order valence-corrected chi connectivity index (χ3v) is 3.20. The fourth-order valence-corrected chi connectivity index (χ4v) is 2.18. The Hall–Kier alpha value is -1.67. The molecule has 0 aromatic carbocycles. The van der Waals surface area contributed by atoms with Gasteiger partial charge < -0.3 is 10.2 Å². The van der Waals surface area contributed by atoms with Crippen molar-refractivity contribution in [1.82, 2.24) is 14.9 Å². The number of rotatable bonds is 4. The van der Waals surface area contributed by atoms with Gasteiger partial charge in [-0.25, -0.2) is 9.97 Å². The second-order valence-electron chi connectivity index (χ2n) is 4.58. The zero-order valence-electron chi connectivity index (χ0n) is 10.6. The van der Waals surface area contributed by atoms with E-state index < -0.39 is 0 Å². The molecule has 0 unspecified atom stereocenters. The van der Waals surface area contributed by atoms with Gasteiger partial charge in [-0.1, -0.05) is 12.8 Å². The summed E-state index contributed by atoms with van der Waals surface area (Å²) in [6.45, 7) is 4.34. The van der Waals surface area contributed by atoms with Crippen LogP contribution in [-0.2, 0) is 0 Å². The van der Waals surface area contributed by atoms with Crippen molar-refractivity contribution >= 4 is 5.82 Å². The summed E-state index contributed by atoms with van der Waals surface area (Å²) in [6.07, 6.45) is 8.47. The highest BCUT2D eigenvalue weighted by Crippen LogP contribution is 2.09. The van der Waals surface area contributed by atoms with Gasteiger partial charge in [-0.05, 0) is 25.9 Å². The first kappa shape index (κ1) is 12.8. The molecule has 96 valence electrons. The maximum Gasteiger partial charge on any atom is 0.158 e. The van der Waals surface area contributed by atoms with Crippen LogP contribution in [0.2, 0.25) is 0 Å². The predicted molar refractivity (Wildman–Crippen MR) is 70.1 cm³/mol. The van der Waals surface area contributed by atoms with Gasteiger partial charge in [0.05, 0.1) is 12.4 Å². The Morgan fingerprint density at radius 2 is 1.94 bits per heavy atom. The minimum atomic E-state index is 0.355. The van der Waals surface area contributed by atoms with Crippen LogP contribution < -0.4 is 5.32 Å². The lowest BCUT2D eigenvalue weighted by molar-refractivity contribution is 0.296. The maximum atomic E-state index is 8.62. The van der Waals surface area contributed by atoms with E-state index in [0.717, 1.165) is 18.9 Å². The molecular weight excluding hydrogens is 226 g/mol. The van der Waals surface area contributed by atoms with E-state index in [1.165, 1.54) is 45.0 Å². The molecule has 1 saturated heterocycles. The van der Waals surface area contributed by atoms with E-state index in [4.69, 9.17) is 5.26 Å². The van der Waals surface area contributed by atoms with E-state index in [0.29, 0.717) is 5.69 Å². The smallest absolute Gasteiger partial charge is 0.158 e. The van der Waals surface area contributed by atoms with Crippen molar-refractivity contribution in [1.29, 1.82) is 5.26 Å². The summed E-state index contributed by atoms with van der Waals surface area (Å²) in [4.78, 5) is 10.6. The number of hydrogen-bond donors (Lipinski definition) is 1. The molecule has 18 heavy (non-hydrogen) atoms. The van der Waals surface area contributed by atoms with Crippen LogP contribution in [0.25, 0.3) is 0 Å². The molecule has 1 aromatic rings. The first-order chi connectivity index (χ1) is 8.88. The minimum absolute atomic E-state index is 0.355. The molecule has 1 aliphatic heterocycles. The zero-order chi connectivity index (χ0) is 12.6. The van der Waals surface area contributed by atoms with Gasteiger partial charge in [0.1, 0.15) is 11.9 Å². The number of aromatic nitrogens is 2. The van der Waals surface area contributed by atoms with Crippen molar-refractivity contribution in [3.05, 3.63) is 18.1 Å². The fourth-order valence-electron chi connectivity index (χ4n) is 2.18. The van der Waals surface area contributed by atoms with Crippen molar-refractivity contribution in [2.75, 3.05) is 31.5 Å². The van der Waals surface area contributed by atoms with Crippen LogP contribution in [0.1, 0.15) is 31.4 Å². The van der Waals surface area contributed by atoms with Gasteiger partial charge in [0, 0.05) is 13.1 Å². The molecule has 0 aliphatic carbocycles. The monoisotopic (exact) mass is 245 g/mol. The van der Waals surface area contributed by atoms with Crippen molar-refractivity contribution < 1.29 is 0 Å². The quantitative estimate of drug-likeness (QED) is 0.873. The van der Waals surface area contributed by atoms with E-state index in [-0.39, 0.29) is 0 Å². The SMILES string of the molecule is N#Cc1cnc(NCCN2CCCCCC2)cn1. The van der Waals surface area contributed by atoms with E-state index in [1.807, 2.05) is 6.07 Å². The number of nitrogens with zero attached hydrogens (tertiary/aromatic N) is 4. The van der Waals surface area contributed by atoms with Crippen LogP contribution in [-0.4, -0.2) is 41.0 Å². The molecule has 2 rings (SSSR count). The van der Waals surface area contributed by atoms with Crippen LogP contribution in [0.5, 0.6) is 0 Å². The normalized spacial score (nSPS) is 16.8. The molecular formula is C13H19N5. The van der Waals surface area contributed by atoms with Crippen LogP contribution in [0.15, 0.2) is 12.4 Å². The molecule has 0 atom stereocenters. The molecule has 5 heteroatoms. The Morgan fingerprint density at radius 3 is 2.56 bits per heavy atom. The Kier molecular flexibility index (Phi) is 4.91. The molecule has 1 aliphatic rings. The van der Waals surface area contributed by atoms with Gasteiger partial charge in [-0.2, -0.15) is 5.26 Å². The molecule has 0 bridgehead atoms.